The average molecular weight is 213 g/mol. The zero-order valence-corrected chi connectivity index (χ0v) is 11.5. The number of carbonyl (C=O) groups is 1. The van der Waals surface area contributed by atoms with Crippen LogP contribution in [0, 0.1) is 5.41 Å². The van der Waals surface area contributed by atoms with Crippen LogP contribution in [0.25, 0.3) is 0 Å². The number of rotatable bonds is 5. The quantitative estimate of drug-likeness (QED) is 0.699. The Hall–Kier alpha value is -0.370. The second-order valence-corrected chi connectivity index (χ2v) is 5.38. The van der Waals surface area contributed by atoms with Crippen molar-refractivity contribution in [1.82, 2.24) is 4.90 Å². The van der Waals surface area contributed by atoms with E-state index in [9.17, 15) is 4.79 Å². The number of ketones is 1. The predicted octanol–water partition coefficient (Wildman–Crippen LogP) is 3.11. The van der Waals surface area contributed by atoms with Gasteiger partial charge in [0.05, 0.1) is 5.54 Å². The van der Waals surface area contributed by atoms with Crippen molar-refractivity contribution >= 4 is 5.78 Å². The standard InChI is InChI=1S/C13H27NO/c1-8-13(7,14(9-2)10-3)11(15)12(4,5)6/h8-10H2,1-7H3. The fourth-order valence-corrected chi connectivity index (χ4v) is 2.26. The average Bonchev–Trinajstić information content (AvgIpc) is 2.16. The predicted molar refractivity (Wildman–Crippen MR) is 66.1 cm³/mol. The Labute approximate surface area is 95.0 Å². The van der Waals surface area contributed by atoms with Crippen molar-refractivity contribution < 1.29 is 4.79 Å². The fourth-order valence-electron chi connectivity index (χ4n) is 2.26. The van der Waals surface area contributed by atoms with E-state index in [0.717, 1.165) is 19.5 Å². The minimum absolute atomic E-state index is 0.257. The summed E-state index contributed by atoms with van der Waals surface area (Å²) in [5.74, 6) is 0.348. The molecule has 0 spiro atoms. The van der Waals surface area contributed by atoms with Gasteiger partial charge >= 0.3 is 0 Å². The highest BCUT2D eigenvalue weighted by atomic mass is 16.1. The van der Waals surface area contributed by atoms with E-state index in [0.29, 0.717) is 5.78 Å². The van der Waals surface area contributed by atoms with Crippen molar-refractivity contribution in [2.45, 2.75) is 60.4 Å². The minimum atomic E-state index is -0.304. The van der Waals surface area contributed by atoms with E-state index in [2.05, 4.69) is 32.6 Å². The van der Waals surface area contributed by atoms with Crippen molar-refractivity contribution in [1.29, 1.82) is 0 Å². The number of Topliss-reactive ketones (excluding diaryl/α,β-unsaturated/α-hetero) is 1. The summed E-state index contributed by atoms with van der Waals surface area (Å²) < 4.78 is 0. The molecule has 0 aliphatic heterocycles. The zero-order chi connectivity index (χ0) is 12.3. The highest BCUT2D eigenvalue weighted by Gasteiger charge is 2.41. The second-order valence-electron chi connectivity index (χ2n) is 5.38. The van der Waals surface area contributed by atoms with Crippen LogP contribution in [0.5, 0.6) is 0 Å². The molecule has 2 heteroatoms. The molecular formula is C13H27NO. The Morgan fingerprint density at radius 1 is 1.00 bits per heavy atom. The molecule has 0 rings (SSSR count). The topological polar surface area (TPSA) is 20.3 Å². The van der Waals surface area contributed by atoms with Crippen molar-refractivity contribution in [2.24, 2.45) is 5.41 Å². The van der Waals surface area contributed by atoms with E-state index >= 15 is 0 Å². The lowest BCUT2D eigenvalue weighted by molar-refractivity contribution is -0.138. The van der Waals surface area contributed by atoms with Gasteiger partial charge in [-0.05, 0) is 26.4 Å². The van der Waals surface area contributed by atoms with Gasteiger partial charge in [-0.15, -0.1) is 0 Å². The summed E-state index contributed by atoms with van der Waals surface area (Å²) in [7, 11) is 0. The van der Waals surface area contributed by atoms with E-state index in [1.54, 1.807) is 0 Å². The molecule has 0 radical (unpaired) electrons. The summed E-state index contributed by atoms with van der Waals surface area (Å²) >= 11 is 0. The first-order valence-electron chi connectivity index (χ1n) is 6.04. The molecule has 0 aromatic heterocycles. The molecule has 0 aromatic rings. The van der Waals surface area contributed by atoms with Gasteiger partial charge in [0, 0.05) is 5.41 Å². The maximum absolute atomic E-state index is 12.4. The van der Waals surface area contributed by atoms with Crippen molar-refractivity contribution in [3.8, 4) is 0 Å². The molecule has 0 N–H and O–H groups in total. The first-order valence-corrected chi connectivity index (χ1v) is 6.04. The summed E-state index contributed by atoms with van der Waals surface area (Å²) in [4.78, 5) is 14.7. The van der Waals surface area contributed by atoms with E-state index in [-0.39, 0.29) is 11.0 Å². The lowest BCUT2D eigenvalue weighted by atomic mass is 9.76. The van der Waals surface area contributed by atoms with E-state index in [4.69, 9.17) is 0 Å². The maximum atomic E-state index is 12.4. The molecule has 2 nitrogen and oxygen atoms in total. The smallest absolute Gasteiger partial charge is 0.158 e. The second kappa shape index (κ2) is 5.11. The third-order valence-corrected chi connectivity index (χ3v) is 3.32. The number of nitrogens with zero attached hydrogens (tertiary/aromatic N) is 1. The molecule has 1 atom stereocenters. The summed E-state index contributed by atoms with van der Waals surface area (Å²) in [6, 6.07) is 0. The van der Waals surface area contributed by atoms with E-state index in [1.165, 1.54) is 0 Å². The molecule has 1 unspecified atom stereocenters. The van der Waals surface area contributed by atoms with Crippen LogP contribution in [-0.2, 0) is 4.79 Å². The van der Waals surface area contributed by atoms with Gasteiger partial charge in [-0.1, -0.05) is 41.5 Å². The Balaban J connectivity index is 5.08. The molecule has 0 aromatic carbocycles. The number of carbonyl (C=O) groups excluding carboxylic acids is 1. The van der Waals surface area contributed by atoms with Crippen LogP contribution in [0.15, 0.2) is 0 Å². The highest BCUT2D eigenvalue weighted by molar-refractivity contribution is 5.92. The van der Waals surface area contributed by atoms with Gasteiger partial charge < -0.3 is 0 Å². The Kier molecular flexibility index (Phi) is 4.98. The Bertz CT molecular complexity index is 213. The third-order valence-electron chi connectivity index (χ3n) is 3.32. The summed E-state index contributed by atoms with van der Waals surface area (Å²) in [6.45, 7) is 16.3. The van der Waals surface area contributed by atoms with Gasteiger partial charge in [0.2, 0.25) is 0 Å². The fraction of sp³-hybridized carbons (Fsp3) is 0.923. The molecule has 90 valence electrons. The minimum Gasteiger partial charge on any atom is -0.297 e. The number of hydrogen-bond acceptors (Lipinski definition) is 2. The molecular weight excluding hydrogens is 186 g/mol. The largest absolute Gasteiger partial charge is 0.297 e. The first kappa shape index (κ1) is 14.6. The van der Waals surface area contributed by atoms with Crippen molar-refractivity contribution in [3.05, 3.63) is 0 Å². The molecule has 15 heavy (non-hydrogen) atoms. The SMILES string of the molecule is CCN(CC)C(C)(CC)C(=O)C(C)(C)C. The van der Waals surface area contributed by atoms with Gasteiger partial charge in [0.1, 0.15) is 0 Å². The Morgan fingerprint density at radius 2 is 1.40 bits per heavy atom. The van der Waals surface area contributed by atoms with Crippen molar-refractivity contribution in [2.75, 3.05) is 13.1 Å². The van der Waals surface area contributed by atoms with Gasteiger partial charge in [0.15, 0.2) is 5.78 Å². The summed E-state index contributed by atoms with van der Waals surface area (Å²) in [5, 5.41) is 0. The van der Waals surface area contributed by atoms with Crippen LogP contribution in [-0.4, -0.2) is 29.3 Å². The molecule has 0 heterocycles. The summed E-state index contributed by atoms with van der Waals surface area (Å²) in [5.41, 5.74) is -0.560. The van der Waals surface area contributed by atoms with Gasteiger partial charge in [0.25, 0.3) is 0 Å². The maximum Gasteiger partial charge on any atom is 0.158 e. The normalized spacial score (nSPS) is 16.5. The van der Waals surface area contributed by atoms with Crippen LogP contribution in [0.3, 0.4) is 0 Å². The summed E-state index contributed by atoms with van der Waals surface area (Å²) in [6.07, 6.45) is 0.880. The molecule has 0 aliphatic rings. The van der Waals surface area contributed by atoms with Crippen LogP contribution in [0.2, 0.25) is 0 Å². The van der Waals surface area contributed by atoms with E-state index < -0.39 is 0 Å². The lowest BCUT2D eigenvalue weighted by Crippen LogP contribution is -2.55. The molecule has 0 fully saturated rings. The molecule has 0 bridgehead atoms. The van der Waals surface area contributed by atoms with Crippen LogP contribution in [0.1, 0.15) is 54.9 Å². The molecule has 0 saturated heterocycles. The molecule has 0 saturated carbocycles. The van der Waals surface area contributed by atoms with Crippen molar-refractivity contribution in [3.63, 3.8) is 0 Å². The Morgan fingerprint density at radius 3 is 1.60 bits per heavy atom. The van der Waals surface area contributed by atoms with Gasteiger partial charge in [-0.25, -0.2) is 0 Å². The first-order chi connectivity index (χ1) is 6.73. The molecule has 0 aliphatic carbocycles. The number of likely N-dealkylation sites (N-methyl/N-ethyl adjacent to an activating group) is 1. The lowest BCUT2D eigenvalue weighted by Gasteiger charge is -2.42. The van der Waals surface area contributed by atoms with Gasteiger partial charge in [-0.3, -0.25) is 9.69 Å². The van der Waals surface area contributed by atoms with Crippen LogP contribution >= 0.6 is 0 Å². The van der Waals surface area contributed by atoms with E-state index in [1.807, 2.05) is 20.8 Å². The monoisotopic (exact) mass is 213 g/mol. The third kappa shape index (κ3) is 3.04. The molecule has 0 amide bonds. The van der Waals surface area contributed by atoms with Crippen LogP contribution < -0.4 is 0 Å². The van der Waals surface area contributed by atoms with Crippen LogP contribution in [0.4, 0.5) is 0 Å². The highest BCUT2D eigenvalue weighted by Crippen LogP contribution is 2.30. The van der Waals surface area contributed by atoms with Gasteiger partial charge in [-0.2, -0.15) is 0 Å². The number of hydrogen-bond donors (Lipinski definition) is 0. The zero-order valence-electron chi connectivity index (χ0n) is 11.5.